The third-order valence-electron chi connectivity index (χ3n) is 6.21. The number of nitrogens with zero attached hydrogens (tertiary/aromatic N) is 2. The fourth-order valence-electron chi connectivity index (χ4n) is 4.05. The summed E-state index contributed by atoms with van der Waals surface area (Å²) in [6.07, 6.45) is -2.32. The zero-order valence-electron chi connectivity index (χ0n) is 20.8. The number of amides is 1. The molecule has 7 nitrogen and oxygen atoms in total. The van der Waals surface area contributed by atoms with Crippen LogP contribution in [0.5, 0.6) is 5.75 Å². The van der Waals surface area contributed by atoms with Gasteiger partial charge < -0.3 is 19.2 Å². The van der Waals surface area contributed by atoms with Gasteiger partial charge in [-0.05, 0) is 75.6 Å². The lowest BCUT2D eigenvalue weighted by molar-refractivity contribution is -0.137. The van der Waals surface area contributed by atoms with E-state index >= 15 is 0 Å². The maximum absolute atomic E-state index is 13.0. The lowest BCUT2D eigenvalue weighted by atomic mass is 9.83. The molecule has 2 aromatic carbocycles. The summed E-state index contributed by atoms with van der Waals surface area (Å²) in [4.78, 5) is 27.7. The number of benzene rings is 2. The van der Waals surface area contributed by atoms with Gasteiger partial charge in [0.25, 0.3) is 6.47 Å². The Morgan fingerprint density at radius 2 is 1.73 bits per heavy atom. The highest BCUT2D eigenvalue weighted by Gasteiger charge is 2.35. The van der Waals surface area contributed by atoms with E-state index in [2.05, 4.69) is 4.98 Å². The molecule has 1 fully saturated rings. The molecule has 10 heteroatoms. The van der Waals surface area contributed by atoms with Crippen LogP contribution >= 0.6 is 0 Å². The Kier molecular flexibility index (Phi) is 8.62. The number of ether oxygens (including phenoxy) is 1. The summed E-state index contributed by atoms with van der Waals surface area (Å²) >= 11 is 0. The molecule has 0 unspecified atom stereocenters. The maximum atomic E-state index is 13.0. The Morgan fingerprint density at radius 1 is 1.11 bits per heavy atom. The zero-order chi connectivity index (χ0) is 27.2. The molecule has 1 aromatic heterocycles. The second kappa shape index (κ2) is 11.5. The standard InChI is InChI=1S/C26H27F3N2O3.CH2O2/c1-17-22(30-23(34-17)18-9-11-19(12-10-18)26(27,28)29)16-33-21-8-6-7-20(15-21)25(2,3)24(32)31-13-4-5-14-31;2-1-3/h6-12,15H,4-5,13-14,16H2,1-3H3;1H,(H,2,3). The van der Waals surface area contributed by atoms with E-state index in [1.165, 1.54) is 12.1 Å². The normalized spacial score (nSPS) is 13.6. The van der Waals surface area contributed by atoms with Crippen LogP contribution in [0.25, 0.3) is 11.5 Å². The molecular formula is C27H29F3N2O5. The Labute approximate surface area is 212 Å². The number of halogens is 3. The van der Waals surface area contributed by atoms with Crippen molar-refractivity contribution in [3.05, 3.63) is 71.1 Å². The molecule has 1 aliphatic heterocycles. The SMILES string of the molecule is Cc1oc(-c2ccc(C(F)(F)F)cc2)nc1COc1cccc(C(C)(C)C(=O)N2CCCC2)c1.O=CO. The van der Waals surface area contributed by atoms with Gasteiger partial charge in [-0.25, -0.2) is 4.98 Å². The van der Waals surface area contributed by atoms with Gasteiger partial charge in [-0.1, -0.05) is 12.1 Å². The van der Waals surface area contributed by atoms with Crippen LogP contribution in [-0.2, 0) is 27.8 Å². The highest BCUT2D eigenvalue weighted by molar-refractivity contribution is 5.87. The van der Waals surface area contributed by atoms with Crippen LogP contribution in [0.1, 0.15) is 49.3 Å². The van der Waals surface area contributed by atoms with Crippen molar-refractivity contribution in [2.24, 2.45) is 0 Å². The van der Waals surface area contributed by atoms with Crippen LogP contribution in [0, 0.1) is 6.92 Å². The number of carbonyl (C=O) groups is 2. The summed E-state index contributed by atoms with van der Waals surface area (Å²) < 4.78 is 50.0. The molecule has 0 atom stereocenters. The van der Waals surface area contributed by atoms with Gasteiger partial charge in [0, 0.05) is 18.7 Å². The van der Waals surface area contributed by atoms with Crippen molar-refractivity contribution < 1.29 is 37.0 Å². The fraction of sp³-hybridized carbons (Fsp3) is 0.370. The molecule has 0 saturated carbocycles. The second-order valence-corrected chi connectivity index (χ2v) is 9.14. The van der Waals surface area contributed by atoms with Crippen LogP contribution in [0.15, 0.2) is 52.9 Å². The molecule has 37 heavy (non-hydrogen) atoms. The molecule has 1 aliphatic rings. The van der Waals surface area contributed by atoms with Gasteiger partial charge in [0.15, 0.2) is 0 Å². The molecule has 1 amide bonds. The maximum Gasteiger partial charge on any atom is 0.416 e. The second-order valence-electron chi connectivity index (χ2n) is 9.14. The number of aryl methyl sites for hydroxylation is 1. The molecule has 2 heterocycles. The average Bonchev–Trinajstić information content (AvgIpc) is 3.52. The number of likely N-dealkylation sites (tertiary alicyclic amines) is 1. The van der Waals surface area contributed by atoms with Gasteiger partial charge in [0.05, 0.1) is 11.0 Å². The zero-order valence-corrected chi connectivity index (χ0v) is 20.8. The quantitative estimate of drug-likeness (QED) is 0.412. The van der Waals surface area contributed by atoms with E-state index in [-0.39, 0.29) is 24.9 Å². The van der Waals surface area contributed by atoms with Crippen molar-refractivity contribution in [1.82, 2.24) is 9.88 Å². The Balaban J connectivity index is 0.00000121. The summed E-state index contributed by atoms with van der Waals surface area (Å²) in [6.45, 7) is 7.04. The van der Waals surface area contributed by atoms with Gasteiger partial charge in [-0.3, -0.25) is 9.59 Å². The van der Waals surface area contributed by atoms with Gasteiger partial charge in [0.1, 0.15) is 23.8 Å². The molecular weight excluding hydrogens is 489 g/mol. The van der Waals surface area contributed by atoms with Crippen LogP contribution in [0.3, 0.4) is 0 Å². The molecule has 1 saturated heterocycles. The van der Waals surface area contributed by atoms with Gasteiger partial charge >= 0.3 is 6.18 Å². The predicted molar refractivity (Wildman–Crippen MR) is 130 cm³/mol. The molecule has 198 valence electrons. The van der Waals surface area contributed by atoms with Crippen LogP contribution in [0.2, 0.25) is 0 Å². The van der Waals surface area contributed by atoms with Crippen LogP contribution in [-0.4, -0.2) is 40.5 Å². The molecule has 0 radical (unpaired) electrons. The fourth-order valence-corrected chi connectivity index (χ4v) is 4.05. The summed E-state index contributed by atoms with van der Waals surface area (Å²) in [5, 5.41) is 6.89. The van der Waals surface area contributed by atoms with Crippen molar-refractivity contribution in [3.8, 4) is 17.2 Å². The highest BCUT2D eigenvalue weighted by Crippen LogP contribution is 2.32. The number of oxazole rings is 1. The van der Waals surface area contributed by atoms with E-state index in [9.17, 15) is 18.0 Å². The minimum absolute atomic E-state index is 0.107. The van der Waals surface area contributed by atoms with Crippen molar-refractivity contribution in [1.29, 1.82) is 0 Å². The van der Waals surface area contributed by atoms with E-state index in [4.69, 9.17) is 19.1 Å². The van der Waals surface area contributed by atoms with Gasteiger partial charge in [-0.15, -0.1) is 0 Å². The first kappa shape index (κ1) is 27.8. The Hall–Kier alpha value is -3.82. The molecule has 0 bridgehead atoms. The molecule has 0 aliphatic carbocycles. The number of rotatable bonds is 6. The summed E-state index contributed by atoms with van der Waals surface area (Å²) in [6, 6.07) is 12.1. The first-order valence-corrected chi connectivity index (χ1v) is 11.7. The number of hydrogen-bond donors (Lipinski definition) is 1. The monoisotopic (exact) mass is 518 g/mol. The smallest absolute Gasteiger partial charge is 0.416 e. The number of hydrogen-bond acceptors (Lipinski definition) is 5. The molecule has 4 rings (SSSR count). The Bertz CT molecular complexity index is 1210. The third-order valence-corrected chi connectivity index (χ3v) is 6.21. The van der Waals surface area contributed by atoms with Crippen molar-refractivity contribution in [2.75, 3.05) is 13.1 Å². The molecule has 0 spiro atoms. The van der Waals surface area contributed by atoms with Crippen molar-refractivity contribution in [2.45, 2.75) is 51.8 Å². The van der Waals surface area contributed by atoms with E-state index in [1.54, 1.807) is 6.92 Å². The lowest BCUT2D eigenvalue weighted by Crippen LogP contribution is -2.41. The minimum atomic E-state index is -4.40. The van der Waals surface area contributed by atoms with Crippen LogP contribution in [0.4, 0.5) is 13.2 Å². The van der Waals surface area contributed by atoms with Gasteiger partial charge in [-0.2, -0.15) is 13.2 Å². The number of carbonyl (C=O) groups excluding carboxylic acids is 1. The summed E-state index contributed by atoms with van der Waals surface area (Å²) in [7, 11) is 0. The summed E-state index contributed by atoms with van der Waals surface area (Å²) in [5.41, 5.74) is 0.459. The molecule has 1 N–H and O–H groups in total. The lowest BCUT2D eigenvalue weighted by Gasteiger charge is -2.29. The van der Waals surface area contributed by atoms with Crippen molar-refractivity contribution in [3.63, 3.8) is 0 Å². The van der Waals surface area contributed by atoms with E-state index < -0.39 is 17.2 Å². The van der Waals surface area contributed by atoms with Crippen LogP contribution < -0.4 is 4.74 Å². The Morgan fingerprint density at radius 3 is 2.32 bits per heavy atom. The number of carboxylic acid groups (broad SMARTS) is 1. The van der Waals surface area contributed by atoms with E-state index in [0.29, 0.717) is 22.8 Å². The highest BCUT2D eigenvalue weighted by atomic mass is 19.4. The predicted octanol–water partition coefficient (Wildman–Crippen LogP) is 5.85. The number of alkyl halides is 3. The first-order chi connectivity index (χ1) is 17.5. The number of aromatic nitrogens is 1. The topological polar surface area (TPSA) is 92.9 Å². The average molecular weight is 519 g/mol. The van der Waals surface area contributed by atoms with E-state index in [0.717, 1.165) is 43.6 Å². The van der Waals surface area contributed by atoms with Gasteiger partial charge in [0.2, 0.25) is 11.8 Å². The third kappa shape index (κ3) is 6.69. The largest absolute Gasteiger partial charge is 0.487 e. The van der Waals surface area contributed by atoms with Crippen molar-refractivity contribution >= 4 is 12.4 Å². The molecule has 3 aromatic rings. The summed E-state index contributed by atoms with van der Waals surface area (Å²) in [5.74, 6) is 1.46. The first-order valence-electron chi connectivity index (χ1n) is 11.7. The minimum Gasteiger partial charge on any atom is -0.487 e. The van der Waals surface area contributed by atoms with E-state index in [1.807, 2.05) is 43.0 Å².